The maximum Gasteiger partial charge on any atom is 0.314 e. The van der Waals surface area contributed by atoms with Crippen molar-refractivity contribution in [3.63, 3.8) is 0 Å². The fraction of sp³-hybridized carbons (Fsp3) is 0.500. The first-order chi connectivity index (χ1) is 7.47. The number of carboxylic acids is 1. The summed E-state index contributed by atoms with van der Waals surface area (Å²) in [4.78, 5) is 11.4. The number of carboxylic acid groups (broad SMARTS) is 1. The van der Waals surface area contributed by atoms with Crippen molar-refractivity contribution in [3.05, 3.63) is 34.4 Å². The lowest BCUT2D eigenvalue weighted by Gasteiger charge is -2.38. The molecule has 2 heteroatoms. The second-order valence-corrected chi connectivity index (χ2v) is 4.98. The maximum absolute atomic E-state index is 11.4. The van der Waals surface area contributed by atoms with Crippen LogP contribution in [0, 0.1) is 20.8 Å². The molecule has 16 heavy (non-hydrogen) atoms. The van der Waals surface area contributed by atoms with Crippen LogP contribution >= 0.6 is 0 Å². The first-order valence-electron chi connectivity index (χ1n) is 5.79. The van der Waals surface area contributed by atoms with E-state index >= 15 is 0 Å². The zero-order chi connectivity index (χ0) is 11.9. The van der Waals surface area contributed by atoms with Gasteiger partial charge in [0.2, 0.25) is 0 Å². The van der Waals surface area contributed by atoms with Crippen LogP contribution in [0.5, 0.6) is 0 Å². The zero-order valence-electron chi connectivity index (χ0n) is 10.1. The van der Waals surface area contributed by atoms with Crippen LogP contribution in [0.1, 0.15) is 41.5 Å². The van der Waals surface area contributed by atoms with E-state index in [2.05, 4.69) is 32.9 Å². The Morgan fingerprint density at radius 3 is 2.00 bits per heavy atom. The highest BCUT2D eigenvalue weighted by atomic mass is 16.4. The predicted molar refractivity (Wildman–Crippen MR) is 63.8 cm³/mol. The normalized spacial score (nSPS) is 17.9. The van der Waals surface area contributed by atoms with Gasteiger partial charge in [-0.3, -0.25) is 4.79 Å². The number of benzene rings is 1. The molecule has 1 aromatic carbocycles. The Hall–Kier alpha value is -1.31. The van der Waals surface area contributed by atoms with E-state index in [9.17, 15) is 9.90 Å². The molecule has 1 aromatic rings. The number of carbonyl (C=O) groups is 1. The molecule has 0 spiro atoms. The Bertz CT molecular complexity index is 419. The number of hydrogen-bond acceptors (Lipinski definition) is 1. The molecule has 1 fully saturated rings. The fourth-order valence-electron chi connectivity index (χ4n) is 2.47. The van der Waals surface area contributed by atoms with Crippen LogP contribution in [0.3, 0.4) is 0 Å². The van der Waals surface area contributed by atoms with Crippen LogP contribution in [0.4, 0.5) is 0 Å². The number of aliphatic carboxylic acids is 1. The molecule has 0 bridgehead atoms. The molecule has 0 saturated heterocycles. The monoisotopic (exact) mass is 218 g/mol. The van der Waals surface area contributed by atoms with E-state index in [1.54, 1.807) is 0 Å². The molecular formula is C14H18O2. The Labute approximate surface area is 96.3 Å². The molecule has 0 aliphatic heterocycles. The van der Waals surface area contributed by atoms with Crippen molar-refractivity contribution in [3.8, 4) is 0 Å². The van der Waals surface area contributed by atoms with Gasteiger partial charge in [0.25, 0.3) is 0 Å². The Morgan fingerprint density at radius 1 is 1.19 bits per heavy atom. The number of rotatable bonds is 2. The summed E-state index contributed by atoms with van der Waals surface area (Å²) in [5.74, 6) is -0.665. The second-order valence-electron chi connectivity index (χ2n) is 4.98. The smallest absolute Gasteiger partial charge is 0.314 e. The average Bonchev–Trinajstić information content (AvgIpc) is 2.11. The van der Waals surface area contributed by atoms with Crippen molar-refractivity contribution in [2.45, 2.75) is 45.4 Å². The van der Waals surface area contributed by atoms with Crippen molar-refractivity contribution < 1.29 is 9.90 Å². The molecule has 0 atom stereocenters. The standard InChI is InChI=1S/C14H18O2/c1-9-7-12(8-10(2)11(9)3)14(13(15)16)5-4-6-14/h7-8H,4-6H2,1-3H3,(H,15,16). The molecule has 1 aliphatic carbocycles. The van der Waals surface area contributed by atoms with E-state index in [1.165, 1.54) is 16.7 Å². The van der Waals surface area contributed by atoms with Gasteiger partial charge in [0.15, 0.2) is 0 Å². The maximum atomic E-state index is 11.4. The third-order valence-electron chi connectivity index (χ3n) is 4.10. The van der Waals surface area contributed by atoms with Crippen LogP contribution in [-0.2, 0) is 10.2 Å². The number of aryl methyl sites for hydroxylation is 2. The third kappa shape index (κ3) is 1.44. The summed E-state index contributed by atoms with van der Waals surface area (Å²) in [6.07, 6.45) is 2.59. The van der Waals surface area contributed by atoms with E-state index in [4.69, 9.17) is 0 Å². The van der Waals surface area contributed by atoms with Crippen LogP contribution in [0.25, 0.3) is 0 Å². The first-order valence-corrected chi connectivity index (χ1v) is 5.79. The van der Waals surface area contributed by atoms with Gasteiger partial charge in [-0.1, -0.05) is 18.6 Å². The summed E-state index contributed by atoms with van der Waals surface area (Å²) in [5, 5.41) is 9.39. The highest BCUT2D eigenvalue weighted by Gasteiger charge is 2.46. The van der Waals surface area contributed by atoms with E-state index in [1.807, 2.05) is 0 Å². The van der Waals surface area contributed by atoms with Gasteiger partial charge < -0.3 is 5.11 Å². The molecule has 2 nitrogen and oxygen atoms in total. The van der Waals surface area contributed by atoms with Gasteiger partial charge in [0, 0.05) is 0 Å². The van der Waals surface area contributed by atoms with Crippen molar-refractivity contribution in [2.24, 2.45) is 0 Å². The molecule has 2 rings (SSSR count). The van der Waals surface area contributed by atoms with Gasteiger partial charge in [-0.15, -0.1) is 0 Å². The van der Waals surface area contributed by atoms with Crippen LogP contribution in [-0.4, -0.2) is 11.1 Å². The molecule has 0 amide bonds. The minimum absolute atomic E-state index is 0.594. The van der Waals surface area contributed by atoms with E-state index < -0.39 is 11.4 Å². The van der Waals surface area contributed by atoms with Crippen LogP contribution in [0.15, 0.2) is 12.1 Å². The molecule has 0 unspecified atom stereocenters. The van der Waals surface area contributed by atoms with Crippen molar-refractivity contribution in [1.29, 1.82) is 0 Å². The summed E-state index contributed by atoms with van der Waals surface area (Å²) >= 11 is 0. The first kappa shape index (κ1) is 11.2. The Kier molecular flexibility index (Phi) is 2.53. The van der Waals surface area contributed by atoms with E-state index in [0.29, 0.717) is 0 Å². The van der Waals surface area contributed by atoms with Crippen molar-refractivity contribution in [2.75, 3.05) is 0 Å². The van der Waals surface area contributed by atoms with Crippen molar-refractivity contribution in [1.82, 2.24) is 0 Å². The summed E-state index contributed by atoms with van der Waals surface area (Å²) in [7, 11) is 0. The summed E-state index contributed by atoms with van der Waals surface area (Å²) in [5.41, 5.74) is 4.06. The fourth-order valence-corrected chi connectivity index (χ4v) is 2.47. The van der Waals surface area contributed by atoms with E-state index in [0.717, 1.165) is 24.8 Å². The van der Waals surface area contributed by atoms with E-state index in [-0.39, 0.29) is 0 Å². The largest absolute Gasteiger partial charge is 0.481 e. The quantitative estimate of drug-likeness (QED) is 0.828. The van der Waals surface area contributed by atoms with Crippen LogP contribution in [0.2, 0.25) is 0 Å². The Morgan fingerprint density at radius 2 is 1.69 bits per heavy atom. The number of hydrogen-bond donors (Lipinski definition) is 1. The van der Waals surface area contributed by atoms with Gasteiger partial charge in [0.05, 0.1) is 5.41 Å². The highest BCUT2D eigenvalue weighted by Crippen LogP contribution is 2.44. The lowest BCUT2D eigenvalue weighted by Crippen LogP contribution is -2.42. The summed E-state index contributed by atoms with van der Waals surface area (Å²) in [6, 6.07) is 4.10. The topological polar surface area (TPSA) is 37.3 Å². The minimum atomic E-state index is -0.665. The summed E-state index contributed by atoms with van der Waals surface area (Å²) < 4.78 is 0. The molecule has 1 aliphatic rings. The molecule has 0 heterocycles. The molecule has 0 radical (unpaired) electrons. The van der Waals surface area contributed by atoms with Gasteiger partial charge in [-0.05, 0) is 55.9 Å². The highest BCUT2D eigenvalue weighted by molar-refractivity contribution is 5.82. The Balaban J connectivity index is 2.52. The zero-order valence-corrected chi connectivity index (χ0v) is 10.1. The molecule has 0 aromatic heterocycles. The SMILES string of the molecule is Cc1cc(C2(C(=O)O)CCC2)cc(C)c1C. The lowest BCUT2D eigenvalue weighted by atomic mass is 9.64. The second kappa shape index (κ2) is 3.62. The lowest BCUT2D eigenvalue weighted by molar-refractivity contribution is -0.147. The third-order valence-corrected chi connectivity index (χ3v) is 4.10. The van der Waals surface area contributed by atoms with Gasteiger partial charge in [-0.2, -0.15) is 0 Å². The molecule has 86 valence electrons. The molecule has 1 N–H and O–H groups in total. The molecule has 1 saturated carbocycles. The summed E-state index contributed by atoms with van der Waals surface area (Å²) in [6.45, 7) is 6.20. The minimum Gasteiger partial charge on any atom is -0.481 e. The van der Waals surface area contributed by atoms with Gasteiger partial charge in [0.1, 0.15) is 0 Å². The van der Waals surface area contributed by atoms with Crippen LogP contribution < -0.4 is 0 Å². The predicted octanol–water partition coefficient (Wildman–Crippen LogP) is 3.12. The van der Waals surface area contributed by atoms with Gasteiger partial charge in [-0.25, -0.2) is 0 Å². The average molecular weight is 218 g/mol. The molecular weight excluding hydrogens is 200 g/mol. The van der Waals surface area contributed by atoms with Crippen molar-refractivity contribution >= 4 is 5.97 Å². The van der Waals surface area contributed by atoms with Gasteiger partial charge >= 0.3 is 5.97 Å².